The number of rotatable bonds is 2. The summed E-state index contributed by atoms with van der Waals surface area (Å²) < 4.78 is 38.6. The Labute approximate surface area is 99.5 Å². The number of nitrogens with zero attached hydrogens (tertiary/aromatic N) is 2. The molecule has 7 heteroatoms. The van der Waals surface area contributed by atoms with Gasteiger partial charge in [0.05, 0.1) is 12.4 Å². The predicted octanol–water partition coefficient (Wildman–Crippen LogP) is 0.680. The first-order valence-electron chi connectivity index (χ1n) is 5.40. The van der Waals surface area contributed by atoms with Crippen LogP contribution in [0, 0.1) is 5.82 Å². The molecule has 1 aromatic heterocycles. The largest absolute Gasteiger partial charge is 0.315 e. The van der Waals surface area contributed by atoms with Crippen LogP contribution in [0.4, 0.5) is 4.39 Å². The molecule has 1 unspecified atom stereocenters. The molecule has 0 aromatic carbocycles. The zero-order valence-electron chi connectivity index (χ0n) is 9.21. The van der Waals surface area contributed by atoms with Crippen molar-refractivity contribution in [2.75, 3.05) is 6.54 Å². The third kappa shape index (κ3) is 2.46. The van der Waals surface area contributed by atoms with E-state index >= 15 is 0 Å². The molecular weight excluding hydrogens is 245 g/mol. The minimum atomic E-state index is -3.73. The van der Waals surface area contributed by atoms with Gasteiger partial charge in [-0.15, -0.1) is 0 Å². The molecular formula is C10H14FN3O2S. The summed E-state index contributed by atoms with van der Waals surface area (Å²) in [5.41, 5.74) is 5.77. The molecule has 1 atom stereocenters. The second-order valence-corrected chi connectivity index (χ2v) is 5.91. The summed E-state index contributed by atoms with van der Waals surface area (Å²) >= 11 is 0. The minimum absolute atomic E-state index is 0.144. The van der Waals surface area contributed by atoms with Gasteiger partial charge < -0.3 is 5.73 Å². The van der Waals surface area contributed by atoms with E-state index in [0.29, 0.717) is 13.0 Å². The van der Waals surface area contributed by atoms with Crippen LogP contribution in [0.5, 0.6) is 0 Å². The zero-order valence-corrected chi connectivity index (χ0v) is 10.0. The second kappa shape index (κ2) is 4.67. The Morgan fingerprint density at radius 2 is 2.18 bits per heavy atom. The fourth-order valence-corrected chi connectivity index (χ4v) is 3.46. The first-order chi connectivity index (χ1) is 8.01. The highest BCUT2D eigenvalue weighted by molar-refractivity contribution is 7.89. The molecule has 0 bridgehead atoms. The third-order valence-electron chi connectivity index (χ3n) is 2.78. The van der Waals surface area contributed by atoms with Gasteiger partial charge in [0, 0.05) is 12.7 Å². The lowest BCUT2D eigenvalue weighted by atomic mass is 10.1. The fourth-order valence-electron chi connectivity index (χ4n) is 1.90. The number of sulfonamides is 1. The van der Waals surface area contributed by atoms with Crippen molar-refractivity contribution >= 4 is 10.0 Å². The standard InChI is InChI=1S/C10H14FN3O2S/c11-8-5-9(7-13-6-8)17(15,16)14-4-2-1-3-10(14)12/h5-7,10H,1-4,12H2. The first-order valence-corrected chi connectivity index (χ1v) is 6.84. The van der Waals surface area contributed by atoms with E-state index in [1.807, 2.05) is 0 Å². The Balaban J connectivity index is 2.35. The van der Waals surface area contributed by atoms with E-state index in [1.54, 1.807) is 0 Å². The van der Waals surface area contributed by atoms with Crippen molar-refractivity contribution in [3.8, 4) is 0 Å². The number of aromatic nitrogens is 1. The summed E-state index contributed by atoms with van der Waals surface area (Å²) in [7, 11) is -3.73. The van der Waals surface area contributed by atoms with Gasteiger partial charge in [0.15, 0.2) is 0 Å². The molecule has 0 saturated carbocycles. The average Bonchev–Trinajstić information content (AvgIpc) is 2.29. The number of nitrogens with two attached hydrogens (primary N) is 1. The van der Waals surface area contributed by atoms with Crippen molar-refractivity contribution in [2.24, 2.45) is 5.73 Å². The van der Waals surface area contributed by atoms with Crippen LogP contribution >= 0.6 is 0 Å². The lowest BCUT2D eigenvalue weighted by molar-refractivity contribution is 0.258. The van der Waals surface area contributed by atoms with Crippen LogP contribution in [-0.4, -0.2) is 30.4 Å². The molecule has 94 valence electrons. The molecule has 1 saturated heterocycles. The smallest absolute Gasteiger partial charge is 0.246 e. The summed E-state index contributed by atoms with van der Waals surface area (Å²) in [6, 6.07) is 0.962. The SMILES string of the molecule is NC1CCCCN1S(=O)(=O)c1cncc(F)c1. The van der Waals surface area contributed by atoms with Crippen molar-refractivity contribution in [3.63, 3.8) is 0 Å². The second-order valence-electron chi connectivity index (χ2n) is 4.02. The number of hydrogen-bond acceptors (Lipinski definition) is 4. The zero-order chi connectivity index (χ0) is 12.5. The highest BCUT2D eigenvalue weighted by Crippen LogP contribution is 2.22. The van der Waals surface area contributed by atoms with Crippen molar-refractivity contribution in [3.05, 3.63) is 24.3 Å². The summed E-state index contributed by atoms with van der Waals surface area (Å²) in [6.45, 7) is 0.375. The van der Waals surface area contributed by atoms with Gasteiger partial charge in [-0.3, -0.25) is 4.98 Å². The summed E-state index contributed by atoms with van der Waals surface area (Å²) in [5, 5.41) is 0. The molecule has 0 amide bonds. The fraction of sp³-hybridized carbons (Fsp3) is 0.500. The molecule has 17 heavy (non-hydrogen) atoms. The molecule has 0 aliphatic carbocycles. The molecule has 1 fully saturated rings. The van der Waals surface area contributed by atoms with Crippen molar-refractivity contribution in [1.82, 2.24) is 9.29 Å². The Bertz CT molecular complexity index is 506. The van der Waals surface area contributed by atoms with Gasteiger partial charge in [0.1, 0.15) is 10.7 Å². The van der Waals surface area contributed by atoms with Gasteiger partial charge in [0.2, 0.25) is 10.0 Å². The van der Waals surface area contributed by atoms with E-state index in [1.165, 1.54) is 4.31 Å². The van der Waals surface area contributed by atoms with E-state index in [2.05, 4.69) is 4.98 Å². The quantitative estimate of drug-likeness (QED) is 0.847. The average molecular weight is 259 g/mol. The van der Waals surface area contributed by atoms with Gasteiger partial charge >= 0.3 is 0 Å². The maximum Gasteiger partial charge on any atom is 0.246 e. The topological polar surface area (TPSA) is 76.3 Å². The normalized spacial score (nSPS) is 22.6. The number of hydrogen-bond donors (Lipinski definition) is 1. The first kappa shape index (κ1) is 12.4. The Kier molecular flexibility index (Phi) is 3.41. The Morgan fingerprint density at radius 1 is 1.41 bits per heavy atom. The van der Waals surface area contributed by atoms with Gasteiger partial charge in [0.25, 0.3) is 0 Å². The summed E-state index contributed by atoms with van der Waals surface area (Å²) in [6.07, 6.45) is 3.89. The summed E-state index contributed by atoms with van der Waals surface area (Å²) in [5.74, 6) is -0.670. The van der Waals surface area contributed by atoms with Crippen molar-refractivity contribution in [2.45, 2.75) is 30.3 Å². The molecule has 1 aromatic rings. The molecule has 1 aliphatic rings. The molecule has 0 radical (unpaired) electrons. The molecule has 0 spiro atoms. The van der Waals surface area contributed by atoms with E-state index in [-0.39, 0.29) is 4.90 Å². The van der Waals surface area contributed by atoms with Gasteiger partial charge in [-0.2, -0.15) is 4.31 Å². The van der Waals surface area contributed by atoms with Crippen molar-refractivity contribution < 1.29 is 12.8 Å². The number of halogens is 1. The van der Waals surface area contributed by atoms with E-state index in [9.17, 15) is 12.8 Å². The minimum Gasteiger partial charge on any atom is -0.315 e. The van der Waals surface area contributed by atoms with Crippen LogP contribution in [0.2, 0.25) is 0 Å². The highest BCUT2D eigenvalue weighted by Gasteiger charge is 2.31. The maximum atomic E-state index is 13.0. The van der Waals surface area contributed by atoms with Crippen LogP contribution in [0.25, 0.3) is 0 Å². The van der Waals surface area contributed by atoms with Crippen LogP contribution in [0.1, 0.15) is 19.3 Å². The monoisotopic (exact) mass is 259 g/mol. The molecule has 2 N–H and O–H groups in total. The highest BCUT2D eigenvalue weighted by atomic mass is 32.2. The van der Waals surface area contributed by atoms with Gasteiger partial charge in [-0.05, 0) is 25.3 Å². The van der Waals surface area contributed by atoms with Crippen LogP contribution in [-0.2, 0) is 10.0 Å². The maximum absolute atomic E-state index is 13.0. The molecule has 1 aliphatic heterocycles. The van der Waals surface area contributed by atoms with Crippen LogP contribution in [0.3, 0.4) is 0 Å². The third-order valence-corrected chi connectivity index (χ3v) is 4.67. The molecule has 2 heterocycles. The number of piperidine rings is 1. The van der Waals surface area contributed by atoms with Gasteiger partial charge in [-0.25, -0.2) is 12.8 Å². The lowest BCUT2D eigenvalue weighted by Crippen LogP contribution is -2.48. The van der Waals surface area contributed by atoms with Crippen LogP contribution < -0.4 is 5.73 Å². The van der Waals surface area contributed by atoms with E-state index in [0.717, 1.165) is 31.3 Å². The van der Waals surface area contributed by atoms with Crippen molar-refractivity contribution in [1.29, 1.82) is 0 Å². The Hall–Kier alpha value is -1.05. The lowest BCUT2D eigenvalue weighted by Gasteiger charge is -2.31. The van der Waals surface area contributed by atoms with E-state index in [4.69, 9.17) is 5.73 Å². The van der Waals surface area contributed by atoms with Crippen LogP contribution in [0.15, 0.2) is 23.4 Å². The predicted molar refractivity (Wildman–Crippen MR) is 59.9 cm³/mol. The van der Waals surface area contributed by atoms with E-state index < -0.39 is 22.0 Å². The van der Waals surface area contributed by atoms with Gasteiger partial charge in [-0.1, -0.05) is 0 Å². The Morgan fingerprint density at radius 3 is 2.82 bits per heavy atom. The molecule has 2 rings (SSSR count). The summed E-state index contributed by atoms with van der Waals surface area (Å²) in [4.78, 5) is 3.41. The molecule has 5 nitrogen and oxygen atoms in total. The number of pyridine rings is 1.